The van der Waals surface area contributed by atoms with Gasteiger partial charge in [0.1, 0.15) is 5.03 Å². The van der Waals surface area contributed by atoms with Gasteiger partial charge in [-0.05, 0) is 50.2 Å². The van der Waals surface area contributed by atoms with E-state index in [1.54, 1.807) is 22.5 Å². The molecule has 3 aromatic heterocycles. The zero-order valence-corrected chi connectivity index (χ0v) is 14.0. The van der Waals surface area contributed by atoms with E-state index in [0.717, 1.165) is 26.9 Å². The van der Waals surface area contributed by atoms with Crippen LogP contribution in [0.25, 0.3) is 17.4 Å². The number of benzene rings is 1. The van der Waals surface area contributed by atoms with Crippen molar-refractivity contribution in [3.8, 4) is 11.6 Å². The summed E-state index contributed by atoms with van der Waals surface area (Å²) in [4.78, 5) is 10.1. The quantitative estimate of drug-likeness (QED) is 0.453. The van der Waals surface area contributed by atoms with Crippen molar-refractivity contribution in [1.82, 2.24) is 19.6 Å². The predicted molar refractivity (Wildman–Crippen MR) is 92.9 cm³/mol. The SMILES string of the molecule is Cc1nc2nc(-c3ccco3)nn2c(Sc2ccc(N)cc2)c1C. The third-order valence-corrected chi connectivity index (χ3v) is 4.93. The smallest absolute Gasteiger partial charge is 0.254 e. The van der Waals surface area contributed by atoms with Crippen LogP contribution in [0.15, 0.2) is 57.0 Å². The van der Waals surface area contributed by atoms with Gasteiger partial charge in [-0.2, -0.15) is 9.50 Å². The number of aromatic nitrogens is 4. The van der Waals surface area contributed by atoms with Gasteiger partial charge in [-0.3, -0.25) is 0 Å². The van der Waals surface area contributed by atoms with E-state index in [4.69, 9.17) is 10.2 Å². The fraction of sp³-hybridized carbons (Fsp3) is 0.118. The Kier molecular flexibility index (Phi) is 3.50. The molecule has 6 nitrogen and oxygen atoms in total. The number of aryl methyl sites for hydroxylation is 1. The highest BCUT2D eigenvalue weighted by atomic mass is 32.2. The van der Waals surface area contributed by atoms with Crippen LogP contribution in [-0.4, -0.2) is 19.6 Å². The molecule has 3 heterocycles. The van der Waals surface area contributed by atoms with E-state index in [2.05, 4.69) is 15.1 Å². The molecule has 24 heavy (non-hydrogen) atoms. The molecule has 0 aliphatic rings. The summed E-state index contributed by atoms with van der Waals surface area (Å²) < 4.78 is 7.16. The number of fused-ring (bicyclic) bond motifs is 1. The highest BCUT2D eigenvalue weighted by molar-refractivity contribution is 7.99. The molecule has 0 bridgehead atoms. The summed E-state index contributed by atoms with van der Waals surface area (Å²) in [6.07, 6.45) is 1.61. The Morgan fingerprint density at radius 3 is 2.58 bits per heavy atom. The van der Waals surface area contributed by atoms with Crippen molar-refractivity contribution in [3.05, 3.63) is 53.9 Å². The number of nitrogens with zero attached hydrogens (tertiary/aromatic N) is 4. The summed E-state index contributed by atoms with van der Waals surface area (Å²) in [5.41, 5.74) is 8.51. The molecule has 7 heteroatoms. The number of nitrogen functional groups attached to an aromatic ring is 1. The van der Waals surface area contributed by atoms with Gasteiger partial charge in [-0.1, -0.05) is 11.8 Å². The molecule has 0 amide bonds. The van der Waals surface area contributed by atoms with Crippen molar-refractivity contribution in [3.63, 3.8) is 0 Å². The molecular formula is C17H15N5OS. The zero-order chi connectivity index (χ0) is 16.7. The Balaban J connectivity index is 1.86. The molecule has 0 saturated heterocycles. The maximum Gasteiger partial charge on any atom is 0.254 e. The third kappa shape index (κ3) is 2.52. The topological polar surface area (TPSA) is 82.2 Å². The van der Waals surface area contributed by atoms with Crippen LogP contribution in [0.5, 0.6) is 0 Å². The largest absolute Gasteiger partial charge is 0.461 e. The zero-order valence-electron chi connectivity index (χ0n) is 13.2. The lowest BCUT2D eigenvalue weighted by molar-refractivity contribution is 0.577. The molecule has 0 radical (unpaired) electrons. The van der Waals surface area contributed by atoms with Gasteiger partial charge in [0.2, 0.25) is 5.82 Å². The lowest BCUT2D eigenvalue weighted by atomic mass is 10.3. The van der Waals surface area contributed by atoms with E-state index in [1.807, 2.05) is 50.2 Å². The highest BCUT2D eigenvalue weighted by Gasteiger charge is 2.16. The van der Waals surface area contributed by atoms with Gasteiger partial charge < -0.3 is 10.2 Å². The number of anilines is 1. The van der Waals surface area contributed by atoms with Crippen molar-refractivity contribution in [2.75, 3.05) is 5.73 Å². The summed E-state index contributed by atoms with van der Waals surface area (Å²) in [5, 5.41) is 5.55. The maximum atomic E-state index is 5.76. The van der Waals surface area contributed by atoms with Crippen LogP contribution in [0.4, 0.5) is 5.69 Å². The lowest BCUT2D eigenvalue weighted by Gasteiger charge is -2.09. The van der Waals surface area contributed by atoms with Crippen LogP contribution in [-0.2, 0) is 0 Å². The minimum Gasteiger partial charge on any atom is -0.461 e. The normalized spacial score (nSPS) is 11.2. The van der Waals surface area contributed by atoms with Gasteiger partial charge in [-0.25, -0.2) is 4.98 Å². The highest BCUT2D eigenvalue weighted by Crippen LogP contribution is 2.32. The number of hydrogen-bond acceptors (Lipinski definition) is 6. The van der Waals surface area contributed by atoms with Crippen LogP contribution >= 0.6 is 11.8 Å². The molecular weight excluding hydrogens is 322 g/mol. The maximum absolute atomic E-state index is 5.76. The van der Waals surface area contributed by atoms with Gasteiger partial charge in [0.05, 0.1) is 6.26 Å². The first kappa shape index (κ1) is 14.8. The molecule has 0 fully saturated rings. The van der Waals surface area contributed by atoms with E-state index in [9.17, 15) is 0 Å². The molecule has 2 N–H and O–H groups in total. The fourth-order valence-electron chi connectivity index (χ4n) is 2.34. The third-order valence-electron chi connectivity index (χ3n) is 3.75. The van der Waals surface area contributed by atoms with E-state index in [0.29, 0.717) is 17.4 Å². The minimum atomic E-state index is 0.525. The lowest BCUT2D eigenvalue weighted by Crippen LogP contribution is -2.01. The second-order valence-electron chi connectivity index (χ2n) is 5.42. The molecule has 0 spiro atoms. The average molecular weight is 337 g/mol. The molecule has 1 aromatic carbocycles. The van der Waals surface area contributed by atoms with E-state index < -0.39 is 0 Å². The van der Waals surface area contributed by atoms with Gasteiger partial charge in [0, 0.05) is 21.8 Å². The Morgan fingerprint density at radius 1 is 1.08 bits per heavy atom. The molecule has 120 valence electrons. The Labute approximate surface area is 142 Å². The first-order valence-corrected chi connectivity index (χ1v) is 8.25. The Morgan fingerprint density at radius 2 is 1.88 bits per heavy atom. The van der Waals surface area contributed by atoms with Gasteiger partial charge in [-0.15, -0.1) is 5.10 Å². The number of nitrogens with two attached hydrogens (primary N) is 1. The van der Waals surface area contributed by atoms with Crippen LogP contribution in [0, 0.1) is 13.8 Å². The number of rotatable bonds is 3. The van der Waals surface area contributed by atoms with Crippen molar-refractivity contribution in [1.29, 1.82) is 0 Å². The van der Waals surface area contributed by atoms with Crippen LogP contribution in [0.1, 0.15) is 11.3 Å². The van der Waals surface area contributed by atoms with Crippen LogP contribution < -0.4 is 5.73 Å². The molecule has 4 rings (SSSR count). The Bertz CT molecular complexity index is 1010. The van der Waals surface area contributed by atoms with E-state index in [-0.39, 0.29) is 0 Å². The summed E-state index contributed by atoms with van der Waals surface area (Å²) in [5.74, 6) is 1.71. The minimum absolute atomic E-state index is 0.525. The van der Waals surface area contributed by atoms with Crippen molar-refractivity contribution < 1.29 is 4.42 Å². The first-order chi connectivity index (χ1) is 11.6. The standard InChI is InChI=1S/C17H15N5OS/c1-10-11(2)19-17-20-15(14-4-3-9-23-14)21-22(17)16(10)24-13-7-5-12(18)6-8-13/h3-9H,18H2,1-2H3. The fourth-order valence-corrected chi connectivity index (χ4v) is 3.34. The molecule has 0 atom stereocenters. The van der Waals surface area contributed by atoms with Crippen molar-refractivity contribution >= 4 is 23.2 Å². The molecule has 4 aromatic rings. The summed E-state index contributed by atoms with van der Waals surface area (Å²) in [6, 6.07) is 11.4. The van der Waals surface area contributed by atoms with Crippen molar-refractivity contribution in [2.45, 2.75) is 23.8 Å². The molecule has 0 aliphatic heterocycles. The summed E-state index contributed by atoms with van der Waals surface area (Å²) >= 11 is 1.61. The van der Waals surface area contributed by atoms with Crippen LogP contribution in [0.3, 0.4) is 0 Å². The van der Waals surface area contributed by atoms with E-state index >= 15 is 0 Å². The van der Waals surface area contributed by atoms with Gasteiger partial charge in [0.25, 0.3) is 5.78 Å². The average Bonchev–Trinajstić information content (AvgIpc) is 3.22. The number of furan rings is 1. The second kappa shape index (κ2) is 5.68. The summed E-state index contributed by atoms with van der Waals surface area (Å²) in [6.45, 7) is 4.01. The number of hydrogen-bond donors (Lipinski definition) is 1. The predicted octanol–water partition coefficient (Wildman–Crippen LogP) is 3.73. The monoisotopic (exact) mass is 337 g/mol. The van der Waals surface area contributed by atoms with Gasteiger partial charge >= 0.3 is 0 Å². The van der Waals surface area contributed by atoms with Crippen LogP contribution in [0.2, 0.25) is 0 Å². The molecule has 0 aliphatic carbocycles. The van der Waals surface area contributed by atoms with Crippen molar-refractivity contribution in [2.24, 2.45) is 0 Å². The van der Waals surface area contributed by atoms with E-state index in [1.165, 1.54) is 0 Å². The second-order valence-corrected chi connectivity index (χ2v) is 6.49. The Hall–Kier alpha value is -2.80. The molecule has 0 unspecified atom stereocenters. The molecule has 0 saturated carbocycles. The first-order valence-electron chi connectivity index (χ1n) is 7.43. The van der Waals surface area contributed by atoms with Gasteiger partial charge in [0.15, 0.2) is 5.76 Å². The summed E-state index contributed by atoms with van der Waals surface area (Å²) in [7, 11) is 0.